The molecular weight excluding hydrogens is 484 g/mol. The fourth-order valence-corrected chi connectivity index (χ4v) is 5.96. The molecule has 0 radical (unpaired) electrons. The summed E-state index contributed by atoms with van der Waals surface area (Å²) < 4.78 is 12.2. The van der Waals surface area contributed by atoms with Gasteiger partial charge >= 0.3 is 0 Å². The predicted molar refractivity (Wildman–Crippen MR) is 142 cm³/mol. The zero-order valence-electron chi connectivity index (χ0n) is 21.2. The third-order valence-electron chi connectivity index (χ3n) is 7.62. The van der Waals surface area contributed by atoms with Crippen molar-refractivity contribution in [1.82, 2.24) is 0 Å². The minimum absolute atomic E-state index is 0.0415. The second-order valence-corrected chi connectivity index (χ2v) is 11.0. The molecular formula is C31H28O7. The number of ketones is 1. The van der Waals surface area contributed by atoms with Gasteiger partial charge in [0.15, 0.2) is 5.78 Å². The van der Waals surface area contributed by atoms with Gasteiger partial charge in [-0.15, -0.1) is 0 Å². The Morgan fingerprint density at radius 3 is 2.39 bits per heavy atom. The van der Waals surface area contributed by atoms with Crippen molar-refractivity contribution in [2.24, 2.45) is 5.92 Å². The summed E-state index contributed by atoms with van der Waals surface area (Å²) in [4.78, 5) is 14.4. The molecule has 2 aliphatic heterocycles. The van der Waals surface area contributed by atoms with E-state index < -0.39 is 23.0 Å². The minimum Gasteiger partial charge on any atom is -0.508 e. The van der Waals surface area contributed by atoms with E-state index in [4.69, 9.17) is 9.47 Å². The number of carbonyl (C=O) groups excluding carboxylic acids is 1. The first-order chi connectivity index (χ1) is 18.0. The van der Waals surface area contributed by atoms with Crippen LogP contribution < -0.4 is 9.47 Å². The molecule has 7 nitrogen and oxygen atoms in total. The molecule has 4 N–H and O–H groups in total. The van der Waals surface area contributed by atoms with E-state index in [2.05, 4.69) is 0 Å². The molecule has 0 unspecified atom stereocenters. The lowest BCUT2D eigenvalue weighted by Crippen LogP contribution is -2.44. The molecule has 0 fully saturated rings. The smallest absolute Gasteiger partial charge is 0.174 e. The molecule has 194 valence electrons. The number of rotatable bonds is 3. The second kappa shape index (κ2) is 8.05. The van der Waals surface area contributed by atoms with Gasteiger partial charge in [0.2, 0.25) is 0 Å². The fourth-order valence-electron chi connectivity index (χ4n) is 5.96. The Labute approximate surface area is 219 Å². The van der Waals surface area contributed by atoms with E-state index in [0.29, 0.717) is 29.1 Å². The normalized spacial score (nSPS) is 24.3. The standard InChI is InChI=1S/C31H28O7/c1-30(2)12-11-18-24(37-30)10-9-19(28(18)35)29(36)26-20-14-31(3,38-25-13-16(32)7-8-17(20)25)15-21(26)27-22(33)5-4-6-23(27)34/h4-13,15,20,26,32-35H,14H2,1-3H3/t20-,26-,31-/m0/s1. The summed E-state index contributed by atoms with van der Waals surface area (Å²) in [7, 11) is 0. The molecule has 2 bridgehead atoms. The molecule has 3 aromatic rings. The maximum Gasteiger partial charge on any atom is 0.174 e. The number of phenolic OH excluding ortho intramolecular Hbond substituents is 4. The Kier molecular flexibility index (Phi) is 5.08. The third-order valence-corrected chi connectivity index (χ3v) is 7.62. The first-order valence-corrected chi connectivity index (χ1v) is 12.5. The number of phenols is 4. The average Bonchev–Trinajstić information content (AvgIpc) is 2.82. The lowest BCUT2D eigenvalue weighted by atomic mass is 9.64. The number of fused-ring (bicyclic) bond motifs is 5. The van der Waals surface area contributed by atoms with Crippen molar-refractivity contribution in [2.45, 2.75) is 44.3 Å². The van der Waals surface area contributed by atoms with Crippen molar-refractivity contribution in [3.05, 3.63) is 82.9 Å². The van der Waals surface area contributed by atoms with Gasteiger partial charge in [0.05, 0.1) is 22.6 Å². The van der Waals surface area contributed by atoms with Crippen molar-refractivity contribution in [1.29, 1.82) is 0 Å². The third kappa shape index (κ3) is 3.69. The lowest BCUT2D eigenvalue weighted by molar-refractivity contribution is 0.0729. The maximum atomic E-state index is 14.4. The van der Waals surface area contributed by atoms with E-state index in [1.807, 2.05) is 26.8 Å². The van der Waals surface area contributed by atoms with E-state index in [-0.39, 0.29) is 39.9 Å². The van der Waals surface area contributed by atoms with Gasteiger partial charge in [-0.2, -0.15) is 0 Å². The van der Waals surface area contributed by atoms with Crippen molar-refractivity contribution in [3.8, 4) is 34.5 Å². The van der Waals surface area contributed by atoms with Crippen LogP contribution >= 0.6 is 0 Å². The maximum absolute atomic E-state index is 14.4. The van der Waals surface area contributed by atoms with Crippen LogP contribution in [0, 0.1) is 5.92 Å². The van der Waals surface area contributed by atoms with Crippen LogP contribution in [0.25, 0.3) is 11.6 Å². The number of carbonyl (C=O) groups is 1. The Morgan fingerprint density at radius 2 is 1.66 bits per heavy atom. The number of ether oxygens (including phenoxy) is 2. The Balaban J connectivity index is 1.55. The van der Waals surface area contributed by atoms with E-state index in [9.17, 15) is 25.2 Å². The molecule has 0 spiro atoms. The van der Waals surface area contributed by atoms with Crippen LogP contribution in [0.4, 0.5) is 0 Å². The van der Waals surface area contributed by atoms with Gasteiger partial charge in [0.25, 0.3) is 0 Å². The van der Waals surface area contributed by atoms with Crippen molar-refractivity contribution in [3.63, 3.8) is 0 Å². The summed E-state index contributed by atoms with van der Waals surface area (Å²) in [6, 6.07) is 12.5. The number of hydrogen-bond donors (Lipinski definition) is 4. The molecule has 0 saturated heterocycles. The van der Waals surface area contributed by atoms with Crippen molar-refractivity contribution in [2.75, 3.05) is 0 Å². The fraction of sp³-hybridized carbons (Fsp3) is 0.258. The van der Waals surface area contributed by atoms with Gasteiger partial charge in [-0.3, -0.25) is 4.79 Å². The molecule has 3 aromatic carbocycles. The summed E-state index contributed by atoms with van der Waals surface area (Å²) in [6.07, 6.45) is 5.78. The molecule has 6 rings (SSSR count). The Morgan fingerprint density at radius 1 is 0.921 bits per heavy atom. The average molecular weight is 513 g/mol. The highest BCUT2D eigenvalue weighted by atomic mass is 16.5. The van der Waals surface area contributed by atoms with Crippen molar-refractivity contribution < 1.29 is 34.7 Å². The summed E-state index contributed by atoms with van der Waals surface area (Å²) in [5.41, 5.74) is 0.396. The zero-order chi connectivity index (χ0) is 27.0. The van der Waals surface area contributed by atoms with Gasteiger partial charge in [-0.25, -0.2) is 0 Å². The second-order valence-electron chi connectivity index (χ2n) is 11.0. The van der Waals surface area contributed by atoms with E-state index in [1.54, 1.807) is 36.4 Å². The highest BCUT2D eigenvalue weighted by Gasteiger charge is 2.49. The van der Waals surface area contributed by atoms with Crippen LogP contribution in [-0.2, 0) is 0 Å². The molecule has 1 aliphatic carbocycles. The van der Waals surface area contributed by atoms with Crippen LogP contribution in [0.15, 0.2) is 60.7 Å². The number of benzene rings is 3. The van der Waals surface area contributed by atoms with Crippen LogP contribution in [-0.4, -0.2) is 37.4 Å². The predicted octanol–water partition coefficient (Wildman–Crippen LogP) is 5.91. The summed E-state index contributed by atoms with van der Waals surface area (Å²) >= 11 is 0. The summed E-state index contributed by atoms with van der Waals surface area (Å²) in [5, 5.41) is 42.9. The quantitative estimate of drug-likeness (QED) is 0.322. The topological polar surface area (TPSA) is 116 Å². The first kappa shape index (κ1) is 24.0. The number of aromatic hydroxyl groups is 4. The summed E-state index contributed by atoms with van der Waals surface area (Å²) in [6.45, 7) is 5.67. The van der Waals surface area contributed by atoms with E-state index in [1.165, 1.54) is 24.3 Å². The first-order valence-electron chi connectivity index (χ1n) is 12.5. The van der Waals surface area contributed by atoms with Gasteiger partial charge in [-0.1, -0.05) is 12.1 Å². The SMILES string of the molecule is CC1(C)C=Cc2c(ccc(C(=O)[C@@H]3C(c4c(O)cccc4O)=C[C@]4(C)C[C@H]3c3ccc(O)cc3O4)c2O)O1. The zero-order valence-corrected chi connectivity index (χ0v) is 21.2. The van der Waals surface area contributed by atoms with Gasteiger partial charge in [0, 0.05) is 12.0 Å². The van der Waals surface area contributed by atoms with Crippen LogP contribution in [0.3, 0.4) is 0 Å². The highest BCUT2D eigenvalue weighted by molar-refractivity contribution is 6.09. The molecule has 2 heterocycles. The lowest BCUT2D eigenvalue weighted by Gasteiger charge is -2.46. The summed E-state index contributed by atoms with van der Waals surface area (Å²) in [5.74, 6) is -1.21. The van der Waals surface area contributed by atoms with Crippen molar-refractivity contribution >= 4 is 17.4 Å². The molecule has 7 heteroatoms. The van der Waals surface area contributed by atoms with E-state index in [0.717, 1.165) is 5.56 Å². The van der Waals surface area contributed by atoms with Gasteiger partial charge in [-0.05, 0) is 86.9 Å². The Hall–Kier alpha value is -4.39. The molecule has 3 aliphatic rings. The molecule has 0 aromatic heterocycles. The molecule has 38 heavy (non-hydrogen) atoms. The molecule has 0 saturated carbocycles. The van der Waals surface area contributed by atoms with Gasteiger partial charge in [0.1, 0.15) is 45.7 Å². The van der Waals surface area contributed by atoms with Crippen LogP contribution in [0.1, 0.15) is 60.2 Å². The van der Waals surface area contributed by atoms with Crippen LogP contribution in [0.5, 0.6) is 34.5 Å². The molecule has 3 atom stereocenters. The number of hydrogen-bond acceptors (Lipinski definition) is 7. The number of Topliss-reactive ketones (excluding diaryl/α,β-unsaturated/α-hetero) is 1. The van der Waals surface area contributed by atoms with E-state index >= 15 is 0 Å². The number of allylic oxidation sites excluding steroid dienone is 1. The Bertz CT molecular complexity index is 1540. The highest BCUT2D eigenvalue weighted by Crippen LogP contribution is 2.56. The monoisotopic (exact) mass is 512 g/mol. The largest absolute Gasteiger partial charge is 0.508 e. The van der Waals surface area contributed by atoms with Crippen LogP contribution in [0.2, 0.25) is 0 Å². The minimum atomic E-state index is -0.872. The molecule has 0 amide bonds. The van der Waals surface area contributed by atoms with Gasteiger partial charge < -0.3 is 29.9 Å².